The summed E-state index contributed by atoms with van der Waals surface area (Å²) in [5.74, 6) is 0.987. The number of para-hydroxylation sites is 1. The van der Waals surface area contributed by atoms with Gasteiger partial charge in [0.2, 0.25) is 5.75 Å². The Hall–Kier alpha value is -2.16. The number of nitrogens with one attached hydrogen (secondary N) is 1. The number of nitrogens with two attached hydrogens (primary N) is 1. The van der Waals surface area contributed by atoms with E-state index in [1.807, 2.05) is 0 Å². The summed E-state index contributed by atoms with van der Waals surface area (Å²) in [6, 6.07) is 9.66. The number of hydrogen-bond donors (Lipinski definition) is 3. The number of phenolic OH excluding ortho intramolecular Hbond substituents is 1. The summed E-state index contributed by atoms with van der Waals surface area (Å²) >= 11 is 0. The summed E-state index contributed by atoms with van der Waals surface area (Å²) < 4.78 is 10.3. The van der Waals surface area contributed by atoms with Gasteiger partial charge in [0.15, 0.2) is 17.5 Å². The zero-order chi connectivity index (χ0) is 19.1. The molecule has 0 aliphatic carbocycles. The number of benzene rings is 2. The third-order valence-electron chi connectivity index (χ3n) is 4.22. The fourth-order valence-corrected chi connectivity index (χ4v) is 2.79. The maximum Gasteiger partial charge on any atom is 0.200 e. The quantitative estimate of drug-likeness (QED) is 0.313. The van der Waals surface area contributed by atoms with E-state index in [1.165, 1.54) is 25.3 Å². The fraction of sp³-hybridized carbons (Fsp3) is 0.350. The minimum Gasteiger partial charge on any atom is -0.502 e. The lowest BCUT2D eigenvalue weighted by Gasteiger charge is -2.15. The normalized spacial score (nSPS) is 10.9. The van der Waals surface area contributed by atoms with E-state index in [1.54, 1.807) is 12.1 Å². The van der Waals surface area contributed by atoms with Crippen LogP contribution in [-0.2, 0) is 19.4 Å². The molecule has 0 amide bonds. The molecule has 0 aliphatic rings. The van der Waals surface area contributed by atoms with Crippen molar-refractivity contribution < 1.29 is 14.6 Å². The number of aliphatic imine (C=N–C) groups is 1. The first-order valence-corrected chi connectivity index (χ1v) is 8.65. The number of ether oxygens (including phenoxy) is 2. The number of anilines is 1. The second-order valence-electron chi connectivity index (χ2n) is 5.83. The van der Waals surface area contributed by atoms with Crippen molar-refractivity contribution in [2.75, 3.05) is 19.5 Å². The second-order valence-corrected chi connectivity index (χ2v) is 5.83. The van der Waals surface area contributed by atoms with Crippen LogP contribution < -0.4 is 20.5 Å². The first-order chi connectivity index (χ1) is 12.5. The highest BCUT2D eigenvalue weighted by molar-refractivity contribution is 14.0. The van der Waals surface area contributed by atoms with Crippen LogP contribution in [0.15, 0.2) is 35.3 Å². The topological polar surface area (TPSA) is 89.1 Å². The van der Waals surface area contributed by atoms with Gasteiger partial charge in [0, 0.05) is 5.69 Å². The molecule has 2 aromatic carbocycles. The zero-order valence-electron chi connectivity index (χ0n) is 16.2. The monoisotopic (exact) mass is 485 g/mol. The molecule has 0 saturated heterocycles. The van der Waals surface area contributed by atoms with Crippen LogP contribution in [0.3, 0.4) is 0 Å². The smallest absolute Gasteiger partial charge is 0.200 e. The van der Waals surface area contributed by atoms with Crippen LogP contribution in [0.5, 0.6) is 17.2 Å². The van der Waals surface area contributed by atoms with E-state index in [-0.39, 0.29) is 29.7 Å². The molecule has 2 aromatic rings. The molecule has 0 radical (unpaired) electrons. The van der Waals surface area contributed by atoms with E-state index in [0.29, 0.717) is 24.0 Å². The zero-order valence-corrected chi connectivity index (χ0v) is 18.5. The Kier molecular flexibility index (Phi) is 9.20. The Morgan fingerprint density at radius 1 is 1.07 bits per heavy atom. The summed E-state index contributed by atoms with van der Waals surface area (Å²) in [7, 11) is 2.98. The standard InChI is InChI=1S/C20H27N3O3.HI/c1-5-14-8-7-9-15(6-2)18(14)23-20(21)22-12-13-10-16(25-3)19(24)17(11-13)26-4;/h7-11,24H,5-6,12H2,1-4H3,(H3,21,22,23);1H. The Balaban J connectivity index is 0.00000364. The third-order valence-corrected chi connectivity index (χ3v) is 4.22. The number of methoxy groups -OCH3 is 2. The van der Waals surface area contributed by atoms with Crippen LogP contribution in [0.2, 0.25) is 0 Å². The summed E-state index contributed by atoms with van der Waals surface area (Å²) in [5.41, 5.74) is 10.4. The number of aryl methyl sites for hydroxylation is 2. The minimum absolute atomic E-state index is 0. The van der Waals surface area contributed by atoms with Gasteiger partial charge in [-0.1, -0.05) is 32.0 Å². The van der Waals surface area contributed by atoms with Crippen molar-refractivity contribution in [3.8, 4) is 17.2 Å². The molecule has 2 rings (SSSR count). The van der Waals surface area contributed by atoms with Crippen LogP contribution in [0, 0.1) is 0 Å². The number of halogens is 1. The summed E-state index contributed by atoms with van der Waals surface area (Å²) in [5, 5.41) is 13.2. The molecule has 148 valence electrons. The number of guanidine groups is 1. The summed E-state index contributed by atoms with van der Waals surface area (Å²) in [4.78, 5) is 4.41. The summed E-state index contributed by atoms with van der Waals surface area (Å²) in [6.45, 7) is 4.56. The molecule has 0 saturated carbocycles. The number of nitrogens with zero attached hydrogens (tertiary/aromatic N) is 1. The first-order valence-electron chi connectivity index (χ1n) is 8.65. The Morgan fingerprint density at radius 3 is 2.04 bits per heavy atom. The number of phenols is 1. The largest absolute Gasteiger partial charge is 0.502 e. The van der Waals surface area contributed by atoms with Crippen molar-refractivity contribution in [1.29, 1.82) is 0 Å². The van der Waals surface area contributed by atoms with E-state index in [9.17, 15) is 5.11 Å². The molecule has 0 spiro atoms. The average Bonchev–Trinajstić information content (AvgIpc) is 2.67. The number of hydrogen-bond acceptors (Lipinski definition) is 4. The predicted octanol–water partition coefficient (Wildman–Crippen LogP) is 4.08. The maximum atomic E-state index is 9.98. The van der Waals surface area contributed by atoms with Crippen LogP contribution in [-0.4, -0.2) is 25.3 Å². The van der Waals surface area contributed by atoms with E-state index in [2.05, 4.69) is 42.4 Å². The molecule has 0 bridgehead atoms. The Bertz CT molecular complexity index is 747. The lowest BCUT2D eigenvalue weighted by Crippen LogP contribution is -2.24. The molecule has 0 aliphatic heterocycles. The molecule has 0 aromatic heterocycles. The highest BCUT2D eigenvalue weighted by Crippen LogP contribution is 2.37. The van der Waals surface area contributed by atoms with E-state index < -0.39 is 0 Å². The van der Waals surface area contributed by atoms with Gasteiger partial charge in [0.25, 0.3) is 0 Å². The van der Waals surface area contributed by atoms with Crippen molar-refractivity contribution in [3.63, 3.8) is 0 Å². The van der Waals surface area contributed by atoms with Crippen LogP contribution >= 0.6 is 24.0 Å². The molecule has 0 unspecified atom stereocenters. The first kappa shape index (κ1) is 22.9. The average molecular weight is 485 g/mol. The van der Waals surface area contributed by atoms with Gasteiger partial charge in [-0.25, -0.2) is 4.99 Å². The van der Waals surface area contributed by atoms with Crippen molar-refractivity contribution in [1.82, 2.24) is 0 Å². The lowest BCUT2D eigenvalue weighted by molar-refractivity contribution is 0.339. The van der Waals surface area contributed by atoms with Crippen molar-refractivity contribution in [2.45, 2.75) is 33.2 Å². The molecular weight excluding hydrogens is 457 g/mol. The van der Waals surface area contributed by atoms with Gasteiger partial charge in [-0.05, 0) is 41.7 Å². The Labute approximate surface area is 177 Å². The van der Waals surface area contributed by atoms with Gasteiger partial charge < -0.3 is 25.6 Å². The number of rotatable bonds is 7. The molecule has 7 heteroatoms. The van der Waals surface area contributed by atoms with Gasteiger partial charge in [-0.3, -0.25) is 0 Å². The molecule has 27 heavy (non-hydrogen) atoms. The SMILES string of the molecule is CCc1cccc(CC)c1NC(N)=NCc1cc(OC)c(O)c(OC)c1.I. The van der Waals surface area contributed by atoms with Crippen LogP contribution in [0.25, 0.3) is 0 Å². The van der Waals surface area contributed by atoms with Crippen molar-refractivity contribution in [2.24, 2.45) is 10.7 Å². The third kappa shape index (κ3) is 5.66. The van der Waals surface area contributed by atoms with Gasteiger partial charge >= 0.3 is 0 Å². The Morgan fingerprint density at radius 2 is 1.59 bits per heavy atom. The fourth-order valence-electron chi connectivity index (χ4n) is 2.79. The van der Waals surface area contributed by atoms with Gasteiger partial charge in [-0.2, -0.15) is 0 Å². The van der Waals surface area contributed by atoms with Crippen LogP contribution in [0.4, 0.5) is 5.69 Å². The highest BCUT2D eigenvalue weighted by atomic mass is 127. The maximum absolute atomic E-state index is 9.98. The molecule has 0 atom stereocenters. The van der Waals surface area contributed by atoms with E-state index in [4.69, 9.17) is 15.2 Å². The van der Waals surface area contributed by atoms with Crippen molar-refractivity contribution >= 4 is 35.6 Å². The number of aromatic hydroxyl groups is 1. The molecule has 4 N–H and O–H groups in total. The predicted molar refractivity (Wildman–Crippen MR) is 121 cm³/mol. The molecular formula is C20H28IN3O3. The van der Waals surface area contributed by atoms with E-state index in [0.717, 1.165) is 24.1 Å². The van der Waals surface area contributed by atoms with Gasteiger partial charge in [-0.15, -0.1) is 24.0 Å². The van der Waals surface area contributed by atoms with Crippen LogP contribution in [0.1, 0.15) is 30.5 Å². The van der Waals surface area contributed by atoms with Gasteiger partial charge in [0.1, 0.15) is 0 Å². The van der Waals surface area contributed by atoms with Crippen molar-refractivity contribution in [3.05, 3.63) is 47.0 Å². The second kappa shape index (κ2) is 10.9. The highest BCUT2D eigenvalue weighted by Gasteiger charge is 2.11. The summed E-state index contributed by atoms with van der Waals surface area (Å²) in [6.07, 6.45) is 1.83. The van der Waals surface area contributed by atoms with Gasteiger partial charge in [0.05, 0.1) is 20.8 Å². The van der Waals surface area contributed by atoms with E-state index >= 15 is 0 Å². The molecule has 6 nitrogen and oxygen atoms in total. The minimum atomic E-state index is -0.0294. The lowest BCUT2D eigenvalue weighted by atomic mass is 10.0. The molecule has 0 fully saturated rings. The molecule has 0 heterocycles.